The molecule has 14 heteroatoms. The second-order valence-corrected chi connectivity index (χ2v) is 10.1. The van der Waals surface area contributed by atoms with Gasteiger partial charge >= 0.3 is 0 Å². The van der Waals surface area contributed by atoms with Crippen LogP contribution < -0.4 is 16.0 Å². The van der Waals surface area contributed by atoms with Gasteiger partial charge < -0.3 is 29.8 Å². The minimum Gasteiger partial charge on any atom is -0.461 e. The Morgan fingerprint density at radius 3 is 2.71 bits per heavy atom. The van der Waals surface area contributed by atoms with E-state index in [0.717, 1.165) is 19.6 Å². The third kappa shape index (κ3) is 5.18. The number of amides is 1. The Balaban J connectivity index is 1.08. The number of carbonyl (C=O) groups excluding carboxylic acids is 1. The fourth-order valence-electron chi connectivity index (χ4n) is 5.06. The smallest absolute Gasteiger partial charge is 0.253 e. The van der Waals surface area contributed by atoms with Crippen LogP contribution in [0.3, 0.4) is 0 Å². The number of aromatic nitrogens is 6. The predicted octanol–water partition coefficient (Wildman–Crippen LogP) is 1.57. The van der Waals surface area contributed by atoms with Gasteiger partial charge in [0.15, 0.2) is 22.6 Å². The van der Waals surface area contributed by atoms with E-state index in [0.29, 0.717) is 72.4 Å². The van der Waals surface area contributed by atoms with E-state index in [4.69, 9.17) is 10.2 Å². The monoisotopic (exact) mass is 561 g/mol. The lowest BCUT2D eigenvalue weighted by molar-refractivity contribution is 0.0796. The Morgan fingerprint density at radius 1 is 1.15 bits per heavy atom. The summed E-state index contributed by atoms with van der Waals surface area (Å²) in [5.74, 6) is 0.596. The number of nitrogen functional groups attached to an aromatic ring is 1. The van der Waals surface area contributed by atoms with E-state index in [1.807, 2.05) is 16.5 Å². The van der Waals surface area contributed by atoms with Gasteiger partial charge in [0.25, 0.3) is 5.91 Å². The molecule has 4 aromatic heterocycles. The van der Waals surface area contributed by atoms with Crippen LogP contribution in [-0.4, -0.2) is 105 Å². The Bertz CT molecular complexity index is 1670. The summed E-state index contributed by atoms with van der Waals surface area (Å²) < 4.78 is 23.9. The fraction of sp³-hybridized carbons (Fsp3) is 0.370. The van der Waals surface area contributed by atoms with Crippen molar-refractivity contribution < 1.29 is 13.6 Å². The number of hydrogen-bond donors (Lipinski definition) is 2. The third-order valence-corrected chi connectivity index (χ3v) is 7.42. The number of nitrogens with one attached hydrogen (secondary N) is 1. The van der Waals surface area contributed by atoms with E-state index in [-0.39, 0.29) is 17.7 Å². The molecule has 1 amide bonds. The van der Waals surface area contributed by atoms with E-state index in [2.05, 4.69) is 30.3 Å². The molecule has 0 bridgehead atoms. The molecule has 1 fully saturated rings. The molecule has 5 heterocycles. The summed E-state index contributed by atoms with van der Waals surface area (Å²) in [7, 11) is 3.55. The van der Waals surface area contributed by atoms with Gasteiger partial charge in [-0.25, -0.2) is 14.4 Å². The highest BCUT2D eigenvalue weighted by atomic mass is 19.1. The van der Waals surface area contributed by atoms with Crippen molar-refractivity contribution in [3.8, 4) is 11.6 Å². The first-order chi connectivity index (χ1) is 19.9. The van der Waals surface area contributed by atoms with Crippen LogP contribution in [0.2, 0.25) is 0 Å². The van der Waals surface area contributed by atoms with Crippen LogP contribution in [0.15, 0.2) is 47.3 Å². The van der Waals surface area contributed by atoms with Gasteiger partial charge in [0.2, 0.25) is 11.8 Å². The van der Waals surface area contributed by atoms with Crippen molar-refractivity contribution in [1.29, 1.82) is 0 Å². The lowest BCUT2D eigenvalue weighted by Gasteiger charge is -2.36. The summed E-state index contributed by atoms with van der Waals surface area (Å²) in [4.78, 5) is 32.2. The summed E-state index contributed by atoms with van der Waals surface area (Å²) in [6.45, 7) is 5.56. The molecule has 1 aromatic carbocycles. The maximum Gasteiger partial charge on any atom is 0.253 e. The average molecular weight is 562 g/mol. The lowest BCUT2D eigenvalue weighted by Crippen LogP contribution is -2.47. The van der Waals surface area contributed by atoms with E-state index in [1.165, 1.54) is 10.6 Å². The maximum absolute atomic E-state index is 15.0. The highest BCUT2D eigenvalue weighted by Crippen LogP contribution is 2.24. The highest BCUT2D eigenvalue weighted by molar-refractivity contribution is 5.94. The van der Waals surface area contributed by atoms with Crippen molar-refractivity contribution in [2.24, 2.45) is 0 Å². The molecule has 0 aliphatic carbocycles. The Morgan fingerprint density at radius 2 is 1.98 bits per heavy atom. The number of nitrogens with zero attached hydrogens (tertiary/aromatic N) is 9. The molecular formula is C27H32FN11O2. The van der Waals surface area contributed by atoms with Crippen molar-refractivity contribution in [2.75, 3.05) is 70.5 Å². The Labute approximate surface area is 235 Å². The molecule has 41 heavy (non-hydrogen) atoms. The van der Waals surface area contributed by atoms with Crippen LogP contribution in [0, 0.1) is 5.82 Å². The van der Waals surface area contributed by atoms with E-state index >= 15 is 4.39 Å². The summed E-state index contributed by atoms with van der Waals surface area (Å²) >= 11 is 0. The number of imidazole rings is 1. The zero-order valence-corrected chi connectivity index (χ0v) is 23.0. The van der Waals surface area contributed by atoms with E-state index < -0.39 is 0 Å². The van der Waals surface area contributed by atoms with Crippen molar-refractivity contribution >= 4 is 34.4 Å². The standard InChI is InChI=1S/C27H32FN11O2/c1-30-7-8-35(2)26(40)18-5-6-20(19(28)16-18)37-12-9-36(10-13-37)11-14-38-17-31-22-24(38)33-27(29)39-25(22)32-23(34-39)21-4-3-15-41-21/h3-6,15-17,30H,7-14H2,1-2H3,(H2,29,33). The van der Waals surface area contributed by atoms with Crippen molar-refractivity contribution in [3.05, 3.63) is 54.3 Å². The van der Waals surface area contributed by atoms with Crippen LogP contribution in [0.4, 0.5) is 16.0 Å². The normalized spacial score (nSPS) is 14.4. The van der Waals surface area contributed by atoms with Crippen molar-refractivity contribution in [3.63, 3.8) is 0 Å². The number of likely N-dealkylation sites (N-methyl/N-ethyl adjacent to an activating group) is 2. The number of furan rings is 1. The predicted molar refractivity (Wildman–Crippen MR) is 152 cm³/mol. The largest absolute Gasteiger partial charge is 0.461 e. The molecule has 0 spiro atoms. The molecule has 6 rings (SSSR count). The van der Waals surface area contributed by atoms with Gasteiger partial charge in [-0.05, 0) is 37.4 Å². The number of carbonyl (C=O) groups is 1. The molecular weight excluding hydrogens is 529 g/mol. The van der Waals surface area contributed by atoms with Gasteiger partial charge in [0.1, 0.15) is 5.82 Å². The molecule has 214 valence electrons. The zero-order chi connectivity index (χ0) is 28.5. The number of nitrogens with two attached hydrogens (primary N) is 1. The average Bonchev–Trinajstić information content (AvgIpc) is 3.75. The minimum absolute atomic E-state index is 0.193. The van der Waals surface area contributed by atoms with Crippen molar-refractivity contribution in [2.45, 2.75) is 6.54 Å². The quantitative estimate of drug-likeness (QED) is 0.273. The van der Waals surface area contributed by atoms with E-state index in [1.54, 1.807) is 48.8 Å². The van der Waals surface area contributed by atoms with Crippen LogP contribution in [0.5, 0.6) is 0 Å². The summed E-state index contributed by atoms with van der Waals surface area (Å²) in [6.07, 6.45) is 3.30. The zero-order valence-electron chi connectivity index (χ0n) is 23.0. The molecule has 3 N–H and O–H groups in total. The number of benzene rings is 1. The summed E-state index contributed by atoms with van der Waals surface area (Å²) in [5, 5.41) is 7.43. The highest BCUT2D eigenvalue weighted by Gasteiger charge is 2.22. The molecule has 1 aliphatic heterocycles. The Hall–Kier alpha value is -4.56. The number of halogens is 1. The van der Waals surface area contributed by atoms with Gasteiger partial charge in [0, 0.05) is 65.0 Å². The van der Waals surface area contributed by atoms with Crippen LogP contribution in [0.25, 0.3) is 28.4 Å². The molecule has 1 aliphatic rings. The molecule has 0 atom stereocenters. The third-order valence-electron chi connectivity index (χ3n) is 7.42. The first-order valence-electron chi connectivity index (χ1n) is 13.5. The SMILES string of the molecule is CNCCN(C)C(=O)c1ccc(N2CCN(CCn3cnc4c3nc(N)n3nc(-c5ccco5)nc43)CC2)c(F)c1. The second-order valence-electron chi connectivity index (χ2n) is 10.1. The number of hydrogen-bond acceptors (Lipinski definition) is 10. The fourth-order valence-corrected chi connectivity index (χ4v) is 5.06. The first kappa shape index (κ1) is 26.7. The van der Waals surface area contributed by atoms with Crippen LogP contribution in [-0.2, 0) is 6.54 Å². The van der Waals surface area contributed by atoms with Gasteiger partial charge in [-0.1, -0.05) is 0 Å². The minimum atomic E-state index is -0.380. The van der Waals surface area contributed by atoms with Crippen LogP contribution in [0.1, 0.15) is 10.4 Å². The summed E-state index contributed by atoms with van der Waals surface area (Å²) in [6, 6.07) is 8.31. The molecule has 1 saturated heterocycles. The number of rotatable bonds is 9. The van der Waals surface area contributed by atoms with E-state index in [9.17, 15) is 4.79 Å². The topological polar surface area (TPSA) is 139 Å². The lowest BCUT2D eigenvalue weighted by atomic mass is 10.1. The Kier molecular flexibility index (Phi) is 7.24. The molecule has 13 nitrogen and oxygen atoms in total. The molecule has 0 unspecified atom stereocenters. The van der Waals surface area contributed by atoms with Gasteiger partial charge in [-0.15, -0.1) is 5.10 Å². The van der Waals surface area contributed by atoms with Gasteiger partial charge in [-0.2, -0.15) is 9.50 Å². The number of piperazine rings is 1. The van der Waals surface area contributed by atoms with Crippen LogP contribution >= 0.6 is 0 Å². The second kappa shape index (κ2) is 11.1. The number of fused-ring (bicyclic) bond motifs is 3. The number of anilines is 2. The van der Waals surface area contributed by atoms with Crippen molar-refractivity contribution in [1.82, 2.24) is 44.2 Å². The molecule has 0 saturated carbocycles. The maximum atomic E-state index is 15.0. The summed E-state index contributed by atoms with van der Waals surface area (Å²) in [5.41, 5.74) is 8.85. The van der Waals surface area contributed by atoms with Gasteiger partial charge in [-0.3, -0.25) is 9.69 Å². The first-order valence-corrected chi connectivity index (χ1v) is 13.5. The molecule has 5 aromatic rings. The van der Waals surface area contributed by atoms with Gasteiger partial charge in [0.05, 0.1) is 18.3 Å². The molecule has 0 radical (unpaired) electrons.